The van der Waals surface area contributed by atoms with Crippen molar-refractivity contribution < 1.29 is 8.42 Å². The van der Waals surface area contributed by atoms with E-state index in [1.54, 1.807) is 6.33 Å². The minimum atomic E-state index is -3.01. The van der Waals surface area contributed by atoms with Gasteiger partial charge in [0.25, 0.3) is 0 Å². The minimum absolute atomic E-state index is 0.288. The van der Waals surface area contributed by atoms with E-state index in [2.05, 4.69) is 17.1 Å². The second-order valence-corrected chi connectivity index (χ2v) is 6.54. The van der Waals surface area contributed by atoms with Crippen molar-refractivity contribution in [2.45, 2.75) is 44.4 Å². The summed E-state index contributed by atoms with van der Waals surface area (Å²) in [6.45, 7) is 2.84. The summed E-state index contributed by atoms with van der Waals surface area (Å²) < 4.78 is 25.8. The Bertz CT molecular complexity index is 452. The predicted molar refractivity (Wildman–Crippen MR) is 60.7 cm³/mol. The molecule has 0 spiro atoms. The lowest BCUT2D eigenvalue weighted by Crippen LogP contribution is -2.24. The number of aromatic nitrogens is 3. The average molecular weight is 243 g/mol. The summed E-state index contributed by atoms with van der Waals surface area (Å²) in [4.78, 5) is 0. The number of sulfone groups is 1. The lowest BCUT2D eigenvalue weighted by atomic mass is 10.2. The van der Waals surface area contributed by atoms with Crippen molar-refractivity contribution in [2.75, 3.05) is 5.75 Å². The Hall–Kier alpha value is -0.910. The van der Waals surface area contributed by atoms with Crippen LogP contribution >= 0.6 is 0 Å². The van der Waals surface area contributed by atoms with Crippen molar-refractivity contribution in [3.05, 3.63) is 12.2 Å². The highest BCUT2D eigenvalue weighted by molar-refractivity contribution is 7.91. The highest BCUT2D eigenvalue weighted by Gasteiger charge is 2.33. The van der Waals surface area contributed by atoms with Gasteiger partial charge in [-0.25, -0.2) is 8.42 Å². The van der Waals surface area contributed by atoms with Gasteiger partial charge in [-0.05, 0) is 19.3 Å². The van der Waals surface area contributed by atoms with Crippen LogP contribution in [-0.4, -0.2) is 28.9 Å². The van der Waals surface area contributed by atoms with Gasteiger partial charge in [-0.1, -0.05) is 13.3 Å². The zero-order valence-electron chi connectivity index (χ0n) is 9.46. The fourth-order valence-corrected chi connectivity index (χ4v) is 4.09. The zero-order valence-corrected chi connectivity index (χ0v) is 10.3. The van der Waals surface area contributed by atoms with Crippen LogP contribution in [0.1, 0.15) is 43.7 Å². The summed E-state index contributed by atoms with van der Waals surface area (Å²) in [5, 5.41) is 7.38. The Kier molecular flexibility index (Phi) is 3.28. The van der Waals surface area contributed by atoms with Gasteiger partial charge in [0.1, 0.15) is 11.6 Å². The van der Waals surface area contributed by atoms with Crippen molar-refractivity contribution in [1.29, 1.82) is 0 Å². The predicted octanol–water partition coefficient (Wildman–Crippen LogP) is 1.33. The summed E-state index contributed by atoms with van der Waals surface area (Å²) in [6.07, 6.45) is 5.01. The molecule has 16 heavy (non-hydrogen) atoms. The van der Waals surface area contributed by atoms with E-state index in [9.17, 15) is 8.42 Å². The standard InChI is InChI=1S/C10H17N3O2S/c1-2-6-13-8-11-12-10(13)9-5-3-4-7-16(9,14)15/h8-9H,2-7H2,1H3. The third-order valence-corrected chi connectivity index (χ3v) is 5.15. The Morgan fingerprint density at radius 1 is 1.50 bits per heavy atom. The van der Waals surface area contributed by atoms with E-state index in [4.69, 9.17) is 0 Å². The molecule has 90 valence electrons. The summed E-state index contributed by atoms with van der Waals surface area (Å²) in [7, 11) is -3.01. The molecule has 2 heterocycles. The molecule has 1 unspecified atom stereocenters. The summed E-state index contributed by atoms with van der Waals surface area (Å²) in [5.41, 5.74) is 0. The molecule has 0 aromatic carbocycles. The number of hydrogen-bond donors (Lipinski definition) is 0. The highest BCUT2D eigenvalue weighted by atomic mass is 32.2. The first-order valence-electron chi connectivity index (χ1n) is 5.74. The zero-order chi connectivity index (χ0) is 11.6. The average Bonchev–Trinajstić information content (AvgIpc) is 2.66. The van der Waals surface area contributed by atoms with Gasteiger partial charge in [0.05, 0.1) is 5.75 Å². The fraction of sp³-hybridized carbons (Fsp3) is 0.800. The van der Waals surface area contributed by atoms with Gasteiger partial charge in [0.2, 0.25) is 0 Å². The summed E-state index contributed by atoms with van der Waals surface area (Å²) in [5.74, 6) is 0.915. The molecule has 1 aliphatic rings. The first-order valence-corrected chi connectivity index (χ1v) is 7.46. The molecule has 0 aliphatic carbocycles. The van der Waals surface area contributed by atoms with Crippen LogP contribution in [0.15, 0.2) is 6.33 Å². The van der Waals surface area contributed by atoms with Crippen LogP contribution < -0.4 is 0 Å². The molecule has 1 aliphatic heterocycles. The molecule has 2 rings (SSSR count). The second kappa shape index (κ2) is 4.53. The second-order valence-electron chi connectivity index (χ2n) is 4.23. The lowest BCUT2D eigenvalue weighted by molar-refractivity contribution is 0.523. The van der Waals surface area contributed by atoms with Crippen LogP contribution in [0, 0.1) is 0 Å². The molecule has 0 amide bonds. The van der Waals surface area contributed by atoms with Gasteiger partial charge in [0, 0.05) is 6.54 Å². The molecule has 0 saturated carbocycles. The van der Waals surface area contributed by atoms with E-state index in [0.717, 1.165) is 25.8 Å². The van der Waals surface area contributed by atoms with E-state index in [1.807, 2.05) is 4.57 Å². The van der Waals surface area contributed by atoms with E-state index in [0.29, 0.717) is 12.2 Å². The molecule has 0 radical (unpaired) electrons. The van der Waals surface area contributed by atoms with Gasteiger partial charge in [-0.15, -0.1) is 10.2 Å². The number of hydrogen-bond acceptors (Lipinski definition) is 4. The normalized spacial score (nSPS) is 24.4. The topological polar surface area (TPSA) is 64.8 Å². The Labute approximate surface area is 95.8 Å². The first kappa shape index (κ1) is 11.6. The third-order valence-electron chi connectivity index (χ3n) is 2.98. The van der Waals surface area contributed by atoms with Gasteiger partial charge in [-0.2, -0.15) is 0 Å². The van der Waals surface area contributed by atoms with Crippen LogP contribution in [0.2, 0.25) is 0 Å². The van der Waals surface area contributed by atoms with Crippen LogP contribution in [-0.2, 0) is 16.4 Å². The smallest absolute Gasteiger partial charge is 0.160 e. The molecule has 1 aromatic heterocycles. The van der Waals surface area contributed by atoms with Crippen molar-refractivity contribution in [3.63, 3.8) is 0 Å². The molecular weight excluding hydrogens is 226 g/mol. The maximum absolute atomic E-state index is 12.0. The molecule has 0 N–H and O–H groups in total. The minimum Gasteiger partial charge on any atom is -0.317 e. The molecular formula is C10H17N3O2S. The van der Waals surface area contributed by atoms with E-state index >= 15 is 0 Å². The van der Waals surface area contributed by atoms with Crippen molar-refractivity contribution >= 4 is 9.84 Å². The molecule has 1 fully saturated rings. The SMILES string of the molecule is CCCn1cnnc1C1CCCCS1(=O)=O. The molecule has 1 aromatic rings. The molecule has 6 heteroatoms. The lowest BCUT2D eigenvalue weighted by Gasteiger charge is -2.21. The van der Waals surface area contributed by atoms with Gasteiger partial charge in [0.15, 0.2) is 15.7 Å². The quantitative estimate of drug-likeness (QED) is 0.803. The third kappa shape index (κ3) is 2.11. The van der Waals surface area contributed by atoms with Crippen molar-refractivity contribution in [3.8, 4) is 0 Å². The monoisotopic (exact) mass is 243 g/mol. The maximum atomic E-state index is 12.0. The number of aryl methyl sites for hydroxylation is 1. The summed E-state index contributed by atoms with van der Waals surface area (Å²) in [6, 6.07) is 0. The van der Waals surface area contributed by atoms with E-state index in [1.165, 1.54) is 0 Å². The van der Waals surface area contributed by atoms with Crippen LogP contribution in [0.3, 0.4) is 0 Å². The first-order chi connectivity index (χ1) is 7.65. The van der Waals surface area contributed by atoms with Crippen LogP contribution in [0.5, 0.6) is 0 Å². The molecule has 1 atom stereocenters. The van der Waals surface area contributed by atoms with Crippen molar-refractivity contribution in [1.82, 2.24) is 14.8 Å². The maximum Gasteiger partial charge on any atom is 0.160 e. The Balaban J connectivity index is 2.31. The van der Waals surface area contributed by atoms with E-state index in [-0.39, 0.29) is 5.75 Å². The molecule has 0 bridgehead atoms. The molecule has 5 nitrogen and oxygen atoms in total. The molecule has 1 saturated heterocycles. The largest absolute Gasteiger partial charge is 0.317 e. The van der Waals surface area contributed by atoms with Crippen LogP contribution in [0.25, 0.3) is 0 Å². The van der Waals surface area contributed by atoms with Crippen LogP contribution in [0.4, 0.5) is 0 Å². The van der Waals surface area contributed by atoms with Crippen molar-refractivity contribution in [2.24, 2.45) is 0 Å². The number of rotatable bonds is 3. The fourth-order valence-electron chi connectivity index (χ4n) is 2.17. The van der Waals surface area contributed by atoms with Gasteiger partial charge in [-0.3, -0.25) is 0 Å². The van der Waals surface area contributed by atoms with E-state index < -0.39 is 15.1 Å². The highest BCUT2D eigenvalue weighted by Crippen LogP contribution is 2.32. The van der Waals surface area contributed by atoms with Gasteiger partial charge >= 0.3 is 0 Å². The Morgan fingerprint density at radius 2 is 2.31 bits per heavy atom. The number of nitrogens with zero attached hydrogens (tertiary/aromatic N) is 3. The van der Waals surface area contributed by atoms with Gasteiger partial charge < -0.3 is 4.57 Å². The Morgan fingerprint density at radius 3 is 3.00 bits per heavy atom. The summed E-state index contributed by atoms with van der Waals surface area (Å²) >= 11 is 0.